The number of nitrogens with one attached hydrogen (secondary N) is 1. The summed E-state index contributed by atoms with van der Waals surface area (Å²) >= 11 is 3.13. The topological polar surface area (TPSA) is 98.3 Å². The minimum Gasteiger partial charge on any atom is -0.381 e. The number of rotatable bonds is 5. The first-order valence-electron chi connectivity index (χ1n) is 6.04. The van der Waals surface area contributed by atoms with Gasteiger partial charge in [-0.1, -0.05) is 12.1 Å². The molecule has 0 aliphatic carbocycles. The minimum atomic E-state index is -0.490. The van der Waals surface area contributed by atoms with Crippen molar-refractivity contribution in [3.05, 3.63) is 68.2 Å². The molecule has 108 valence electrons. The van der Waals surface area contributed by atoms with Gasteiger partial charge >= 0.3 is 0 Å². The van der Waals surface area contributed by atoms with Crippen LogP contribution in [0.4, 0.5) is 11.4 Å². The molecule has 0 fully saturated rings. The smallest absolute Gasteiger partial charge is 0.285 e. The first-order valence-corrected chi connectivity index (χ1v) is 6.83. The van der Waals surface area contributed by atoms with Gasteiger partial charge in [0.25, 0.3) is 5.69 Å². The molecule has 2 rings (SSSR count). The molecule has 0 bridgehead atoms. The Hall–Kier alpha value is -2.41. The van der Waals surface area contributed by atoms with Crippen LogP contribution in [-0.4, -0.2) is 10.8 Å². The highest BCUT2D eigenvalue weighted by Gasteiger charge is 2.12. The molecule has 2 aromatic rings. The third kappa shape index (κ3) is 3.79. The Morgan fingerprint density at radius 1 is 1.29 bits per heavy atom. The van der Waals surface area contributed by atoms with Crippen molar-refractivity contribution in [2.24, 2.45) is 5.73 Å². The molecule has 21 heavy (non-hydrogen) atoms. The molecule has 0 aliphatic rings. The Labute approximate surface area is 129 Å². The van der Waals surface area contributed by atoms with Gasteiger partial charge in [-0.05, 0) is 45.8 Å². The molecule has 0 radical (unpaired) electrons. The van der Waals surface area contributed by atoms with E-state index in [9.17, 15) is 14.9 Å². The van der Waals surface area contributed by atoms with E-state index in [1.54, 1.807) is 30.3 Å². The maximum absolute atomic E-state index is 11.1. The van der Waals surface area contributed by atoms with Gasteiger partial charge in [0, 0.05) is 23.9 Å². The van der Waals surface area contributed by atoms with E-state index in [0.717, 1.165) is 5.56 Å². The zero-order valence-electron chi connectivity index (χ0n) is 10.9. The highest BCUT2D eigenvalue weighted by atomic mass is 79.9. The molecule has 0 spiro atoms. The van der Waals surface area contributed by atoms with E-state index < -0.39 is 10.8 Å². The number of nitro benzene ring substituents is 1. The number of halogens is 1. The van der Waals surface area contributed by atoms with Crippen molar-refractivity contribution in [1.29, 1.82) is 0 Å². The third-order valence-corrected chi connectivity index (χ3v) is 3.52. The summed E-state index contributed by atoms with van der Waals surface area (Å²) in [6.45, 7) is 0.430. The third-order valence-electron chi connectivity index (χ3n) is 2.85. The summed E-state index contributed by atoms with van der Waals surface area (Å²) in [6, 6.07) is 11.7. The van der Waals surface area contributed by atoms with Crippen molar-refractivity contribution in [2.45, 2.75) is 6.54 Å². The van der Waals surface area contributed by atoms with Crippen LogP contribution in [0, 0.1) is 10.1 Å². The zero-order chi connectivity index (χ0) is 15.4. The van der Waals surface area contributed by atoms with Crippen LogP contribution in [0.25, 0.3) is 0 Å². The van der Waals surface area contributed by atoms with E-state index in [4.69, 9.17) is 5.73 Å². The van der Waals surface area contributed by atoms with E-state index in [0.29, 0.717) is 22.3 Å². The number of hydrogen-bond donors (Lipinski definition) is 2. The standard InChI is InChI=1S/C14H12BrN3O3/c15-12-5-4-11(7-13(12)18(20)21)17-8-9-2-1-3-10(6-9)14(16)19/h1-7,17H,8H2,(H2,16,19). The van der Waals surface area contributed by atoms with Gasteiger partial charge in [-0.2, -0.15) is 0 Å². The van der Waals surface area contributed by atoms with Gasteiger partial charge in [0.1, 0.15) is 0 Å². The second-order valence-electron chi connectivity index (χ2n) is 4.34. The quantitative estimate of drug-likeness (QED) is 0.640. The summed E-state index contributed by atoms with van der Waals surface area (Å²) in [5.74, 6) is -0.490. The predicted molar refractivity (Wildman–Crippen MR) is 83.1 cm³/mol. The van der Waals surface area contributed by atoms with Crippen LogP contribution in [0.15, 0.2) is 46.9 Å². The average molecular weight is 350 g/mol. The van der Waals surface area contributed by atoms with Crippen LogP contribution < -0.4 is 11.1 Å². The van der Waals surface area contributed by atoms with Crippen molar-refractivity contribution in [3.8, 4) is 0 Å². The van der Waals surface area contributed by atoms with Gasteiger partial charge in [0.05, 0.1) is 9.40 Å². The SMILES string of the molecule is NC(=O)c1cccc(CNc2ccc(Br)c([N+](=O)[O-])c2)c1. The van der Waals surface area contributed by atoms with E-state index >= 15 is 0 Å². The summed E-state index contributed by atoms with van der Waals surface area (Å²) in [6.07, 6.45) is 0. The molecule has 0 aromatic heterocycles. The number of nitrogens with zero attached hydrogens (tertiary/aromatic N) is 1. The van der Waals surface area contributed by atoms with Gasteiger partial charge < -0.3 is 11.1 Å². The fraction of sp³-hybridized carbons (Fsp3) is 0.0714. The highest BCUT2D eigenvalue weighted by molar-refractivity contribution is 9.10. The van der Waals surface area contributed by atoms with Crippen LogP contribution in [0.2, 0.25) is 0 Å². The number of hydrogen-bond acceptors (Lipinski definition) is 4. The maximum Gasteiger partial charge on any atom is 0.285 e. The van der Waals surface area contributed by atoms with Gasteiger partial charge in [-0.3, -0.25) is 14.9 Å². The first kappa shape index (κ1) is 15.0. The summed E-state index contributed by atoms with van der Waals surface area (Å²) in [7, 11) is 0. The number of nitrogens with two attached hydrogens (primary N) is 1. The van der Waals surface area contributed by atoms with E-state index in [-0.39, 0.29) is 5.69 Å². The summed E-state index contributed by atoms with van der Waals surface area (Å²) < 4.78 is 0.425. The lowest BCUT2D eigenvalue weighted by Gasteiger charge is -2.08. The van der Waals surface area contributed by atoms with Crippen LogP contribution in [0.5, 0.6) is 0 Å². The van der Waals surface area contributed by atoms with Crippen LogP contribution in [0.3, 0.4) is 0 Å². The Kier molecular flexibility index (Phi) is 4.54. The minimum absolute atomic E-state index is 0.00844. The fourth-order valence-electron chi connectivity index (χ4n) is 1.80. The molecule has 7 heteroatoms. The largest absolute Gasteiger partial charge is 0.381 e. The van der Waals surface area contributed by atoms with Gasteiger partial charge in [0.15, 0.2) is 0 Å². The van der Waals surface area contributed by atoms with E-state index in [1.165, 1.54) is 6.07 Å². The molecule has 0 heterocycles. The average Bonchev–Trinajstić information content (AvgIpc) is 2.46. The molecule has 0 unspecified atom stereocenters. The molecule has 2 aromatic carbocycles. The van der Waals surface area contributed by atoms with Gasteiger partial charge in [-0.15, -0.1) is 0 Å². The van der Waals surface area contributed by atoms with Gasteiger partial charge in [0.2, 0.25) is 5.91 Å². The number of primary amides is 1. The molecule has 0 saturated heterocycles. The Morgan fingerprint density at radius 3 is 2.71 bits per heavy atom. The number of carbonyl (C=O) groups excluding carboxylic acids is 1. The first-order chi connectivity index (χ1) is 9.97. The van der Waals surface area contributed by atoms with E-state index in [1.807, 2.05) is 6.07 Å². The summed E-state index contributed by atoms with van der Waals surface area (Å²) in [5, 5.41) is 13.9. The van der Waals surface area contributed by atoms with Crippen molar-refractivity contribution < 1.29 is 9.72 Å². The molecule has 0 aliphatic heterocycles. The van der Waals surface area contributed by atoms with Crippen molar-refractivity contribution >= 4 is 33.2 Å². The maximum atomic E-state index is 11.1. The number of carbonyl (C=O) groups is 1. The highest BCUT2D eigenvalue weighted by Crippen LogP contribution is 2.28. The summed E-state index contributed by atoms with van der Waals surface area (Å²) in [4.78, 5) is 21.5. The lowest BCUT2D eigenvalue weighted by atomic mass is 10.1. The lowest BCUT2D eigenvalue weighted by Crippen LogP contribution is -2.11. The second-order valence-corrected chi connectivity index (χ2v) is 5.20. The van der Waals surface area contributed by atoms with Crippen LogP contribution in [0.1, 0.15) is 15.9 Å². The zero-order valence-corrected chi connectivity index (χ0v) is 12.5. The number of amides is 1. The fourth-order valence-corrected chi connectivity index (χ4v) is 2.19. The molecular formula is C14H12BrN3O3. The Bertz CT molecular complexity index is 704. The van der Waals surface area contributed by atoms with Crippen LogP contribution >= 0.6 is 15.9 Å². The molecule has 6 nitrogen and oxygen atoms in total. The monoisotopic (exact) mass is 349 g/mol. The number of benzene rings is 2. The summed E-state index contributed by atoms with van der Waals surface area (Å²) in [5.41, 5.74) is 7.12. The number of nitro groups is 1. The van der Waals surface area contributed by atoms with Crippen molar-refractivity contribution in [1.82, 2.24) is 0 Å². The van der Waals surface area contributed by atoms with Crippen LogP contribution in [-0.2, 0) is 6.54 Å². The normalized spacial score (nSPS) is 10.1. The lowest BCUT2D eigenvalue weighted by molar-refractivity contribution is -0.385. The van der Waals surface area contributed by atoms with Crippen molar-refractivity contribution in [2.75, 3.05) is 5.32 Å². The molecular weight excluding hydrogens is 338 g/mol. The number of anilines is 1. The predicted octanol–water partition coefficient (Wildman–Crippen LogP) is 3.07. The molecule has 3 N–H and O–H groups in total. The Morgan fingerprint density at radius 2 is 2.05 bits per heavy atom. The van der Waals surface area contributed by atoms with E-state index in [2.05, 4.69) is 21.2 Å². The molecule has 0 atom stereocenters. The second kappa shape index (κ2) is 6.36. The Balaban J connectivity index is 2.13. The van der Waals surface area contributed by atoms with Gasteiger partial charge in [-0.25, -0.2) is 0 Å². The molecule has 0 saturated carbocycles. The molecule has 1 amide bonds. The van der Waals surface area contributed by atoms with Crippen molar-refractivity contribution in [3.63, 3.8) is 0 Å².